The number of aliphatic carboxylic acids is 1. The third kappa shape index (κ3) is 6.13. The summed E-state index contributed by atoms with van der Waals surface area (Å²) in [5.74, 6) is -9.81. The number of rotatable bonds is 5. The molecule has 2 heterocycles. The Morgan fingerprint density at radius 2 is 1.55 bits per heavy atom. The summed E-state index contributed by atoms with van der Waals surface area (Å²) in [6.45, 7) is -0.971. The number of phenols is 4. The van der Waals surface area contributed by atoms with Crippen LogP contribution in [0.2, 0.25) is 0 Å². The molecular weight excluding hydrogens is 572 g/mol. The number of esters is 3. The van der Waals surface area contributed by atoms with Gasteiger partial charge in [-0.15, -0.1) is 0 Å². The smallest absolute Gasteiger partial charge is 0.425 e. The molecule has 42 heavy (non-hydrogen) atoms. The topological polar surface area (TPSA) is 280 Å². The zero-order valence-electron chi connectivity index (χ0n) is 20.9. The molecule has 17 heteroatoms. The average molecular weight is 595 g/mol. The number of aromatic hydroxyl groups is 5. The Hall–Kier alpha value is -5.10. The zero-order chi connectivity index (χ0) is 30.9. The molecular formula is C25H23O17+. The summed E-state index contributed by atoms with van der Waals surface area (Å²) in [6, 6.07) is 5.89. The molecule has 17 nitrogen and oxygen atoms in total. The molecule has 2 aliphatic rings. The molecule has 0 saturated carbocycles. The molecule has 6 atom stereocenters. The van der Waals surface area contributed by atoms with Gasteiger partial charge in [0.25, 0.3) is 11.9 Å². The molecule has 0 amide bonds. The van der Waals surface area contributed by atoms with Crippen LogP contribution in [0, 0.1) is 0 Å². The van der Waals surface area contributed by atoms with Crippen molar-refractivity contribution in [1.29, 1.82) is 0 Å². The summed E-state index contributed by atoms with van der Waals surface area (Å²) in [6.07, 6.45) is -9.19. The van der Waals surface area contributed by atoms with E-state index in [0.29, 0.717) is 0 Å². The fourth-order valence-corrected chi connectivity index (χ4v) is 4.01. The standard InChI is InChI=1S/C25H22O17/c26-9-4-12(28)10-6-15(20(39-14(10)5-9)8-1-2-11(27)13(29)3-8)40-25-19(32)18(31)17(30)16(41-25)7-38-23(36)24(37)42-22(35)21(33)34/h1-6,16-20,25-32H,7H2,(H,33,34)/p+1/t16-,17-,18+,19+,20?,25-/m1/s1. The van der Waals surface area contributed by atoms with Gasteiger partial charge in [0.1, 0.15) is 48.1 Å². The van der Waals surface area contributed by atoms with Gasteiger partial charge in [-0.05, 0) is 18.2 Å². The number of hydrogen-bond acceptors (Lipinski definition) is 15. The lowest BCUT2D eigenvalue weighted by molar-refractivity contribution is -0.296. The fourth-order valence-electron chi connectivity index (χ4n) is 4.01. The van der Waals surface area contributed by atoms with Crippen LogP contribution < -0.4 is 0 Å². The minimum absolute atomic E-state index is 0.0628. The number of phenolic OH excluding ortho intramolecular Hbond substituents is 4. The Morgan fingerprint density at radius 3 is 2.21 bits per heavy atom. The van der Waals surface area contributed by atoms with E-state index in [1.807, 2.05) is 0 Å². The van der Waals surface area contributed by atoms with Crippen molar-refractivity contribution < 1.29 is 83.7 Å². The first kappa shape index (κ1) is 29.9. The van der Waals surface area contributed by atoms with Gasteiger partial charge in [-0.3, -0.25) is 0 Å². The third-order valence-corrected chi connectivity index (χ3v) is 6.09. The van der Waals surface area contributed by atoms with Crippen LogP contribution in [0.3, 0.4) is 0 Å². The van der Waals surface area contributed by atoms with Crippen LogP contribution in [-0.4, -0.2) is 107 Å². The number of carbonyl (C=O) groups excluding carboxylic acids is 3. The third-order valence-electron chi connectivity index (χ3n) is 6.09. The molecule has 1 unspecified atom stereocenters. The van der Waals surface area contributed by atoms with E-state index in [2.05, 4.69) is 14.2 Å². The lowest BCUT2D eigenvalue weighted by Gasteiger charge is -2.40. The molecule has 0 bridgehead atoms. The minimum Gasteiger partial charge on any atom is -0.571 e. The fraction of sp³-hybridized carbons (Fsp3) is 0.280. The van der Waals surface area contributed by atoms with Gasteiger partial charge in [0.15, 0.2) is 17.3 Å². The van der Waals surface area contributed by atoms with Crippen LogP contribution in [0.5, 0.6) is 28.7 Å². The second-order valence-corrected chi connectivity index (χ2v) is 8.94. The first-order chi connectivity index (χ1) is 19.8. The first-order valence-electron chi connectivity index (χ1n) is 11.8. The molecule has 9 N–H and O–H groups in total. The van der Waals surface area contributed by atoms with E-state index < -0.39 is 84.5 Å². The molecule has 1 saturated heterocycles. The van der Waals surface area contributed by atoms with E-state index in [4.69, 9.17) is 14.6 Å². The van der Waals surface area contributed by atoms with Crippen molar-refractivity contribution in [2.75, 3.05) is 6.61 Å². The quantitative estimate of drug-likeness (QED) is 0.0633. The molecule has 2 aromatic rings. The van der Waals surface area contributed by atoms with Crippen LogP contribution in [0.25, 0.3) is 6.08 Å². The zero-order valence-corrected chi connectivity index (χ0v) is 20.9. The van der Waals surface area contributed by atoms with E-state index in [0.717, 1.165) is 18.2 Å². The number of aliphatic hydroxyl groups is 4. The summed E-state index contributed by atoms with van der Waals surface area (Å²) < 4.78 is 24.0. The summed E-state index contributed by atoms with van der Waals surface area (Å²) in [4.78, 5) is 44.7. The van der Waals surface area contributed by atoms with Crippen LogP contribution in [0.15, 0.2) is 36.1 Å². The molecule has 1 fully saturated rings. The Balaban J connectivity index is 1.57. The van der Waals surface area contributed by atoms with Gasteiger partial charge in [-0.25, -0.2) is 19.2 Å². The highest BCUT2D eigenvalue weighted by Crippen LogP contribution is 2.46. The lowest BCUT2D eigenvalue weighted by atomic mass is 9.98. The van der Waals surface area contributed by atoms with Crippen LogP contribution >= 0.6 is 0 Å². The van der Waals surface area contributed by atoms with E-state index in [1.165, 1.54) is 18.2 Å². The second kappa shape index (κ2) is 11.8. The predicted octanol–water partition coefficient (Wildman–Crippen LogP) is -1.63. The minimum atomic E-state index is -2.16. The van der Waals surface area contributed by atoms with Gasteiger partial charge in [0.2, 0.25) is 6.29 Å². The van der Waals surface area contributed by atoms with Crippen LogP contribution in [-0.2, 0) is 38.1 Å². The van der Waals surface area contributed by atoms with Gasteiger partial charge < -0.3 is 64.5 Å². The van der Waals surface area contributed by atoms with Crippen molar-refractivity contribution in [3.05, 3.63) is 47.2 Å². The van der Waals surface area contributed by atoms with Crippen molar-refractivity contribution in [2.45, 2.75) is 36.8 Å². The number of ether oxygens (including phenoxy) is 5. The number of carboxylic acid groups (broad SMARTS) is 1. The SMILES string of the molecule is O=C(O)C(=O)OC(=O)C(=O)OC[C@H]1O[C@@H](OC2=Cc3c(O)cc(O)cc3[OH+]C2c2ccc(O)c(O)c2)[C@@H](O)[C@@H](O)[C@@H]1O. The molecule has 0 aliphatic carbocycles. The number of carbonyl (C=O) groups is 4. The highest BCUT2D eigenvalue weighted by molar-refractivity contribution is 6.38. The number of carboxylic acids is 1. The predicted molar refractivity (Wildman–Crippen MR) is 129 cm³/mol. The van der Waals surface area contributed by atoms with Crippen molar-refractivity contribution in [3.8, 4) is 28.7 Å². The molecule has 224 valence electrons. The average Bonchev–Trinajstić information content (AvgIpc) is 2.93. The summed E-state index contributed by atoms with van der Waals surface area (Å²) in [5.41, 5.74) is 0.281. The summed E-state index contributed by atoms with van der Waals surface area (Å²) >= 11 is 0. The molecule has 2 aromatic carbocycles. The number of fused-ring (bicyclic) bond motifs is 1. The van der Waals surface area contributed by atoms with Crippen LogP contribution in [0.1, 0.15) is 17.2 Å². The Morgan fingerprint density at radius 1 is 0.833 bits per heavy atom. The summed E-state index contributed by atoms with van der Waals surface area (Å²) in [5, 5.41) is 79.6. The molecule has 2 aliphatic heterocycles. The Labute approximate surface area is 233 Å². The van der Waals surface area contributed by atoms with Crippen molar-refractivity contribution in [1.82, 2.24) is 0 Å². The molecule has 0 spiro atoms. The molecule has 4 rings (SSSR count). The molecule has 0 aromatic heterocycles. The largest absolute Gasteiger partial charge is 0.571 e. The Bertz CT molecular complexity index is 1450. The maximum Gasteiger partial charge on any atom is 0.425 e. The van der Waals surface area contributed by atoms with Gasteiger partial charge in [0, 0.05) is 12.1 Å². The number of benzene rings is 2. The van der Waals surface area contributed by atoms with E-state index in [1.54, 1.807) is 0 Å². The number of hydrogen-bond donors (Lipinski definition) is 8. The monoisotopic (exact) mass is 595 g/mol. The highest BCUT2D eigenvalue weighted by Gasteiger charge is 2.47. The maximum absolute atomic E-state index is 11.8. The normalized spacial score (nSPS) is 24.8. The van der Waals surface area contributed by atoms with Gasteiger partial charge in [-0.1, -0.05) is 0 Å². The van der Waals surface area contributed by atoms with Gasteiger partial charge in [0.05, 0.1) is 11.6 Å². The number of aliphatic hydroxyl groups excluding tert-OH is 3. The van der Waals surface area contributed by atoms with E-state index in [-0.39, 0.29) is 28.4 Å². The Kier molecular flexibility index (Phi) is 8.39. The highest BCUT2D eigenvalue weighted by atomic mass is 16.7. The maximum atomic E-state index is 11.8. The van der Waals surface area contributed by atoms with Crippen molar-refractivity contribution >= 4 is 30.0 Å². The molecule has 0 radical (unpaired) electrons. The van der Waals surface area contributed by atoms with E-state index >= 15 is 0 Å². The van der Waals surface area contributed by atoms with Crippen LogP contribution in [0.4, 0.5) is 0 Å². The second-order valence-electron chi connectivity index (χ2n) is 8.94. The van der Waals surface area contributed by atoms with Crippen molar-refractivity contribution in [2.24, 2.45) is 0 Å². The van der Waals surface area contributed by atoms with Crippen molar-refractivity contribution in [3.63, 3.8) is 0 Å². The van der Waals surface area contributed by atoms with Gasteiger partial charge >= 0.3 is 23.9 Å². The van der Waals surface area contributed by atoms with Gasteiger partial charge in [-0.2, -0.15) is 0 Å². The van der Waals surface area contributed by atoms with E-state index in [9.17, 15) is 54.9 Å². The summed E-state index contributed by atoms with van der Waals surface area (Å²) in [7, 11) is 0. The first-order valence-corrected chi connectivity index (χ1v) is 11.8. The lowest BCUT2D eigenvalue weighted by Crippen LogP contribution is -2.59.